The number of aldehydes is 1. The highest BCUT2D eigenvalue weighted by Crippen LogP contribution is 2.13. The third kappa shape index (κ3) is 2.15. The summed E-state index contributed by atoms with van der Waals surface area (Å²) >= 11 is 0. The second-order valence-corrected chi connectivity index (χ2v) is 3.72. The Morgan fingerprint density at radius 1 is 1.20 bits per heavy atom. The molecule has 2 heteroatoms. The van der Waals surface area contributed by atoms with Gasteiger partial charge < -0.3 is 4.98 Å². The van der Waals surface area contributed by atoms with E-state index in [1.54, 1.807) is 6.20 Å². The molecule has 0 fully saturated rings. The number of carbonyl (C=O) groups excluding carboxylic acids is 1. The van der Waals surface area contributed by atoms with E-state index in [-0.39, 0.29) is 0 Å². The van der Waals surface area contributed by atoms with E-state index in [0.29, 0.717) is 0 Å². The van der Waals surface area contributed by atoms with Crippen molar-refractivity contribution < 1.29 is 4.79 Å². The first-order valence-corrected chi connectivity index (χ1v) is 4.96. The van der Waals surface area contributed by atoms with Gasteiger partial charge in [0, 0.05) is 18.0 Å². The molecule has 1 aromatic heterocycles. The number of hydrogen-bond acceptors (Lipinski definition) is 1. The van der Waals surface area contributed by atoms with Crippen LogP contribution in [0.2, 0.25) is 0 Å². The first-order valence-electron chi connectivity index (χ1n) is 4.96. The summed E-state index contributed by atoms with van der Waals surface area (Å²) in [6, 6.07) is 8.36. The third-order valence-electron chi connectivity index (χ3n) is 2.51. The Labute approximate surface area is 89.0 Å². The Morgan fingerprint density at radius 2 is 1.93 bits per heavy atom. The lowest BCUT2D eigenvalue weighted by Crippen LogP contribution is -1.90. The van der Waals surface area contributed by atoms with Gasteiger partial charge in [-0.05, 0) is 24.5 Å². The molecule has 0 atom stereocenters. The van der Waals surface area contributed by atoms with Gasteiger partial charge >= 0.3 is 0 Å². The van der Waals surface area contributed by atoms with Gasteiger partial charge in [-0.25, -0.2) is 0 Å². The summed E-state index contributed by atoms with van der Waals surface area (Å²) in [5.74, 6) is 0. The van der Waals surface area contributed by atoms with Crippen molar-refractivity contribution in [3.05, 3.63) is 58.9 Å². The number of rotatable bonds is 3. The van der Waals surface area contributed by atoms with Gasteiger partial charge in [0.1, 0.15) is 0 Å². The standard InChI is InChI=1S/C13H13NO/c1-10-2-4-11(5-3-10)6-12-7-14-8-13(12)9-15/h2-5,7-9,14H,6H2,1H3. The van der Waals surface area contributed by atoms with Crippen LogP contribution in [0.25, 0.3) is 0 Å². The Balaban J connectivity index is 2.21. The molecule has 0 spiro atoms. The van der Waals surface area contributed by atoms with Crippen LogP contribution in [-0.4, -0.2) is 11.3 Å². The summed E-state index contributed by atoms with van der Waals surface area (Å²) < 4.78 is 0. The highest BCUT2D eigenvalue weighted by molar-refractivity contribution is 5.77. The van der Waals surface area contributed by atoms with Crippen LogP contribution in [0.1, 0.15) is 27.0 Å². The smallest absolute Gasteiger partial charge is 0.151 e. The number of carbonyl (C=O) groups is 1. The number of nitrogens with one attached hydrogen (secondary N) is 1. The zero-order valence-corrected chi connectivity index (χ0v) is 8.66. The SMILES string of the molecule is Cc1ccc(Cc2c[nH]cc2C=O)cc1. The predicted octanol–water partition coefficient (Wildman–Crippen LogP) is 2.73. The number of aryl methyl sites for hydroxylation is 1. The lowest BCUT2D eigenvalue weighted by Gasteiger charge is -2.00. The van der Waals surface area contributed by atoms with Gasteiger partial charge in [0.15, 0.2) is 6.29 Å². The normalized spacial score (nSPS) is 10.2. The molecule has 1 aromatic carbocycles. The molecule has 2 aromatic rings. The molecule has 0 bridgehead atoms. The largest absolute Gasteiger partial charge is 0.367 e. The topological polar surface area (TPSA) is 32.9 Å². The Kier molecular flexibility index (Phi) is 2.68. The van der Waals surface area contributed by atoms with Crippen LogP contribution >= 0.6 is 0 Å². The molecule has 2 nitrogen and oxygen atoms in total. The minimum absolute atomic E-state index is 0.746. The molecule has 76 valence electrons. The molecule has 0 aliphatic carbocycles. The van der Waals surface area contributed by atoms with Gasteiger partial charge in [-0.15, -0.1) is 0 Å². The average Bonchev–Trinajstić information content (AvgIpc) is 2.69. The van der Waals surface area contributed by atoms with Crippen molar-refractivity contribution in [1.29, 1.82) is 0 Å². The van der Waals surface area contributed by atoms with Crippen LogP contribution in [0, 0.1) is 6.92 Å². The third-order valence-corrected chi connectivity index (χ3v) is 2.51. The van der Waals surface area contributed by atoms with E-state index in [1.807, 2.05) is 6.20 Å². The molecule has 0 amide bonds. The molecule has 0 aliphatic rings. The Bertz CT molecular complexity index is 454. The molecule has 2 rings (SSSR count). The van der Waals surface area contributed by atoms with Crippen molar-refractivity contribution >= 4 is 6.29 Å². The van der Waals surface area contributed by atoms with Crippen molar-refractivity contribution in [2.24, 2.45) is 0 Å². The minimum atomic E-state index is 0.746. The van der Waals surface area contributed by atoms with Crippen LogP contribution in [0.15, 0.2) is 36.7 Å². The Morgan fingerprint density at radius 3 is 2.60 bits per heavy atom. The van der Waals surface area contributed by atoms with E-state index in [1.165, 1.54) is 11.1 Å². The summed E-state index contributed by atoms with van der Waals surface area (Å²) in [4.78, 5) is 13.7. The van der Waals surface area contributed by atoms with Crippen LogP contribution in [0.5, 0.6) is 0 Å². The summed E-state index contributed by atoms with van der Waals surface area (Å²) in [6.07, 6.45) is 5.30. The molecule has 0 radical (unpaired) electrons. The second kappa shape index (κ2) is 4.13. The van der Waals surface area contributed by atoms with Gasteiger partial charge in [0.05, 0.1) is 0 Å². The zero-order chi connectivity index (χ0) is 10.7. The predicted molar refractivity (Wildman–Crippen MR) is 60.2 cm³/mol. The maximum Gasteiger partial charge on any atom is 0.151 e. The fourth-order valence-corrected chi connectivity index (χ4v) is 1.60. The first-order chi connectivity index (χ1) is 7.29. The van der Waals surface area contributed by atoms with E-state index < -0.39 is 0 Å². The fraction of sp³-hybridized carbons (Fsp3) is 0.154. The maximum atomic E-state index is 10.7. The Hall–Kier alpha value is -1.83. The monoisotopic (exact) mass is 199 g/mol. The van der Waals surface area contributed by atoms with Gasteiger partial charge in [0.2, 0.25) is 0 Å². The molecule has 1 N–H and O–H groups in total. The fourth-order valence-electron chi connectivity index (χ4n) is 1.60. The number of aromatic amines is 1. The molecule has 0 saturated carbocycles. The maximum absolute atomic E-state index is 10.7. The number of benzene rings is 1. The van der Waals surface area contributed by atoms with Gasteiger partial charge in [-0.1, -0.05) is 29.8 Å². The summed E-state index contributed by atoms with van der Waals surface area (Å²) in [5, 5.41) is 0. The van der Waals surface area contributed by atoms with Crippen LogP contribution < -0.4 is 0 Å². The van der Waals surface area contributed by atoms with Crippen molar-refractivity contribution in [2.75, 3.05) is 0 Å². The van der Waals surface area contributed by atoms with E-state index in [2.05, 4.69) is 36.2 Å². The zero-order valence-electron chi connectivity index (χ0n) is 8.66. The number of H-pyrrole nitrogens is 1. The number of hydrogen-bond donors (Lipinski definition) is 1. The van der Waals surface area contributed by atoms with Gasteiger partial charge in [0.25, 0.3) is 0 Å². The van der Waals surface area contributed by atoms with Crippen LogP contribution in [0.3, 0.4) is 0 Å². The van der Waals surface area contributed by atoms with Crippen LogP contribution in [0.4, 0.5) is 0 Å². The van der Waals surface area contributed by atoms with E-state index in [4.69, 9.17) is 0 Å². The first kappa shape index (κ1) is 9.71. The van der Waals surface area contributed by atoms with Gasteiger partial charge in [-0.2, -0.15) is 0 Å². The van der Waals surface area contributed by atoms with Gasteiger partial charge in [-0.3, -0.25) is 4.79 Å². The molecule has 0 unspecified atom stereocenters. The molecule has 1 heterocycles. The lowest BCUT2D eigenvalue weighted by atomic mass is 10.0. The summed E-state index contributed by atoms with van der Waals surface area (Å²) in [5.41, 5.74) is 4.27. The molecule has 0 aliphatic heterocycles. The summed E-state index contributed by atoms with van der Waals surface area (Å²) in [7, 11) is 0. The van der Waals surface area contributed by atoms with Crippen molar-refractivity contribution in [3.8, 4) is 0 Å². The molecule has 0 saturated heterocycles. The average molecular weight is 199 g/mol. The molecular weight excluding hydrogens is 186 g/mol. The highest BCUT2D eigenvalue weighted by atomic mass is 16.1. The quantitative estimate of drug-likeness (QED) is 0.757. The second-order valence-electron chi connectivity index (χ2n) is 3.72. The van der Waals surface area contributed by atoms with Crippen LogP contribution in [-0.2, 0) is 6.42 Å². The van der Waals surface area contributed by atoms with E-state index in [0.717, 1.165) is 23.8 Å². The van der Waals surface area contributed by atoms with E-state index >= 15 is 0 Å². The highest BCUT2D eigenvalue weighted by Gasteiger charge is 2.03. The lowest BCUT2D eigenvalue weighted by molar-refractivity contribution is 0.112. The summed E-state index contributed by atoms with van der Waals surface area (Å²) in [6.45, 7) is 2.07. The van der Waals surface area contributed by atoms with E-state index in [9.17, 15) is 4.79 Å². The van der Waals surface area contributed by atoms with Crippen molar-refractivity contribution in [1.82, 2.24) is 4.98 Å². The number of aromatic nitrogens is 1. The molecule has 15 heavy (non-hydrogen) atoms. The molecular formula is C13H13NO. The van der Waals surface area contributed by atoms with Crippen molar-refractivity contribution in [3.63, 3.8) is 0 Å². The van der Waals surface area contributed by atoms with Crippen molar-refractivity contribution in [2.45, 2.75) is 13.3 Å². The minimum Gasteiger partial charge on any atom is -0.367 e.